The van der Waals surface area contributed by atoms with Gasteiger partial charge < -0.3 is 19.6 Å². The second-order valence-electron chi connectivity index (χ2n) is 4.84. The van der Waals surface area contributed by atoms with E-state index in [1.807, 2.05) is 0 Å². The monoisotopic (exact) mass is 298 g/mol. The number of hydrogen-bond acceptors (Lipinski definition) is 7. The summed E-state index contributed by atoms with van der Waals surface area (Å²) in [5.74, 6) is 0.128. The van der Waals surface area contributed by atoms with Crippen LogP contribution in [0.3, 0.4) is 0 Å². The fourth-order valence-corrected chi connectivity index (χ4v) is 1.90. The molecule has 1 aromatic heterocycles. The molecule has 0 radical (unpaired) electrons. The van der Waals surface area contributed by atoms with Gasteiger partial charge in [0.05, 0.1) is 12.7 Å². The third-order valence-corrected chi connectivity index (χ3v) is 3.04. The van der Waals surface area contributed by atoms with Gasteiger partial charge in [0, 0.05) is 26.4 Å². The summed E-state index contributed by atoms with van der Waals surface area (Å²) < 4.78 is 6.85. The standard InChI is InChI=1S/C12H18N4O5/c1-15(2)12(19)21-14-9-5-6-16(11(18)13-9)10-4-3-8(7-17)20-10/h5-6,8,10,17H,3-4,7H2,1-2H3,(H,13,14,18)/t8-,10+/m0/s1. The third-order valence-electron chi connectivity index (χ3n) is 3.04. The summed E-state index contributed by atoms with van der Waals surface area (Å²) in [6, 6.07) is 1.50. The summed E-state index contributed by atoms with van der Waals surface area (Å²) in [5.41, 5.74) is 1.78. The molecule has 1 amide bonds. The smallest absolute Gasteiger partial charge is 0.394 e. The van der Waals surface area contributed by atoms with Crippen LogP contribution in [0.25, 0.3) is 0 Å². The SMILES string of the molecule is CN(C)C(=O)ONc1ccn([C@H]2CC[C@@H](CO)O2)c(=O)n1. The fraction of sp³-hybridized carbons (Fsp3) is 0.583. The van der Waals surface area contributed by atoms with Gasteiger partial charge in [0.15, 0.2) is 5.82 Å². The molecule has 0 aromatic carbocycles. The Hall–Kier alpha value is -2.13. The molecule has 21 heavy (non-hydrogen) atoms. The molecule has 9 heteroatoms. The first-order chi connectivity index (χ1) is 10.0. The van der Waals surface area contributed by atoms with E-state index in [0.717, 1.165) is 0 Å². The minimum atomic E-state index is -0.606. The molecular weight excluding hydrogens is 280 g/mol. The van der Waals surface area contributed by atoms with E-state index < -0.39 is 18.0 Å². The first-order valence-electron chi connectivity index (χ1n) is 6.51. The maximum atomic E-state index is 11.9. The van der Waals surface area contributed by atoms with Crippen molar-refractivity contribution in [2.24, 2.45) is 0 Å². The average molecular weight is 298 g/mol. The van der Waals surface area contributed by atoms with Crippen LogP contribution in [0.2, 0.25) is 0 Å². The van der Waals surface area contributed by atoms with Crippen LogP contribution in [0.5, 0.6) is 0 Å². The number of amides is 1. The predicted molar refractivity (Wildman–Crippen MR) is 72.5 cm³/mol. The van der Waals surface area contributed by atoms with Gasteiger partial charge in [0.25, 0.3) is 0 Å². The summed E-state index contributed by atoms with van der Waals surface area (Å²) >= 11 is 0. The molecule has 2 N–H and O–H groups in total. The van der Waals surface area contributed by atoms with Crippen molar-refractivity contribution in [3.8, 4) is 0 Å². The van der Waals surface area contributed by atoms with Crippen LogP contribution in [0.15, 0.2) is 17.1 Å². The minimum absolute atomic E-state index is 0.0706. The zero-order valence-electron chi connectivity index (χ0n) is 11.9. The van der Waals surface area contributed by atoms with Crippen LogP contribution in [-0.4, -0.2) is 52.5 Å². The molecule has 9 nitrogen and oxygen atoms in total. The van der Waals surface area contributed by atoms with Gasteiger partial charge in [-0.25, -0.2) is 9.59 Å². The van der Waals surface area contributed by atoms with Crippen LogP contribution in [0.1, 0.15) is 19.1 Å². The number of ether oxygens (including phenoxy) is 1. The van der Waals surface area contributed by atoms with E-state index in [1.165, 1.54) is 35.8 Å². The Morgan fingerprint density at radius 3 is 2.95 bits per heavy atom. The number of aliphatic hydroxyl groups is 1. The molecule has 0 saturated carbocycles. The lowest BCUT2D eigenvalue weighted by molar-refractivity contribution is -0.0245. The number of carbonyl (C=O) groups excluding carboxylic acids is 1. The Balaban J connectivity index is 2.01. The zero-order chi connectivity index (χ0) is 15.4. The molecule has 0 aliphatic carbocycles. The fourth-order valence-electron chi connectivity index (χ4n) is 1.90. The average Bonchev–Trinajstić information content (AvgIpc) is 2.93. The minimum Gasteiger partial charge on any atom is -0.394 e. The van der Waals surface area contributed by atoms with E-state index in [9.17, 15) is 9.59 Å². The lowest BCUT2D eigenvalue weighted by atomic mass is 10.2. The van der Waals surface area contributed by atoms with Gasteiger partial charge in [0.2, 0.25) is 0 Å². The highest BCUT2D eigenvalue weighted by Gasteiger charge is 2.26. The summed E-state index contributed by atoms with van der Waals surface area (Å²) in [5, 5.41) is 9.02. The Labute approximate surface area is 121 Å². The molecule has 1 aliphatic rings. The maximum Gasteiger partial charge on any atom is 0.433 e. The van der Waals surface area contributed by atoms with Gasteiger partial charge in [-0.15, -0.1) is 0 Å². The summed E-state index contributed by atoms with van der Waals surface area (Å²) in [4.78, 5) is 32.8. The van der Waals surface area contributed by atoms with Crippen molar-refractivity contribution in [2.45, 2.75) is 25.2 Å². The van der Waals surface area contributed by atoms with Crippen LogP contribution < -0.4 is 11.2 Å². The second-order valence-corrected chi connectivity index (χ2v) is 4.84. The van der Waals surface area contributed by atoms with Crippen molar-refractivity contribution in [3.63, 3.8) is 0 Å². The first-order valence-corrected chi connectivity index (χ1v) is 6.51. The number of carbonyl (C=O) groups is 1. The lowest BCUT2D eigenvalue weighted by Crippen LogP contribution is -2.29. The van der Waals surface area contributed by atoms with E-state index in [1.54, 1.807) is 0 Å². The highest BCUT2D eigenvalue weighted by atomic mass is 16.7. The highest BCUT2D eigenvalue weighted by Crippen LogP contribution is 2.26. The highest BCUT2D eigenvalue weighted by molar-refractivity contribution is 5.67. The number of nitrogens with one attached hydrogen (secondary N) is 1. The number of hydrogen-bond donors (Lipinski definition) is 2. The third kappa shape index (κ3) is 3.70. The molecule has 116 valence electrons. The summed E-state index contributed by atoms with van der Waals surface area (Å²) in [7, 11) is 3.06. The molecule has 1 aliphatic heterocycles. The predicted octanol–water partition coefficient (Wildman–Crippen LogP) is -0.0617. The largest absolute Gasteiger partial charge is 0.433 e. The normalized spacial score (nSPS) is 21.1. The second kappa shape index (κ2) is 6.55. The van der Waals surface area contributed by atoms with Gasteiger partial charge in [-0.1, -0.05) is 0 Å². The lowest BCUT2D eigenvalue weighted by Gasteiger charge is -2.15. The molecule has 2 rings (SSSR count). The number of rotatable bonds is 4. The van der Waals surface area contributed by atoms with Crippen LogP contribution in [0, 0.1) is 0 Å². The van der Waals surface area contributed by atoms with E-state index in [-0.39, 0.29) is 18.5 Å². The quantitative estimate of drug-likeness (QED) is 0.750. The Morgan fingerprint density at radius 2 is 2.38 bits per heavy atom. The molecule has 2 heterocycles. The van der Waals surface area contributed by atoms with E-state index >= 15 is 0 Å². The Kier molecular flexibility index (Phi) is 4.76. The van der Waals surface area contributed by atoms with Crippen molar-refractivity contribution < 1.29 is 19.5 Å². The van der Waals surface area contributed by atoms with Crippen LogP contribution in [0.4, 0.5) is 10.6 Å². The topological polar surface area (TPSA) is 106 Å². The van der Waals surface area contributed by atoms with Gasteiger partial charge in [-0.05, 0) is 12.8 Å². The number of aliphatic hydroxyl groups excluding tert-OH is 1. The van der Waals surface area contributed by atoms with Gasteiger partial charge in [-0.3, -0.25) is 4.57 Å². The molecule has 1 saturated heterocycles. The molecular formula is C12H18N4O5. The number of anilines is 1. The molecule has 0 spiro atoms. The van der Waals surface area contributed by atoms with Crippen molar-refractivity contribution in [1.29, 1.82) is 0 Å². The Bertz CT molecular complexity index is 559. The molecule has 1 fully saturated rings. The molecule has 0 bridgehead atoms. The van der Waals surface area contributed by atoms with Crippen LogP contribution >= 0.6 is 0 Å². The van der Waals surface area contributed by atoms with E-state index in [2.05, 4.69) is 10.5 Å². The van der Waals surface area contributed by atoms with Gasteiger partial charge in [-0.2, -0.15) is 10.5 Å². The van der Waals surface area contributed by atoms with Gasteiger partial charge >= 0.3 is 11.8 Å². The summed E-state index contributed by atoms with van der Waals surface area (Å²) in [6.45, 7) is -0.0706. The molecule has 2 atom stereocenters. The maximum absolute atomic E-state index is 11.9. The molecule has 1 aromatic rings. The Morgan fingerprint density at radius 1 is 1.62 bits per heavy atom. The zero-order valence-corrected chi connectivity index (χ0v) is 11.9. The van der Waals surface area contributed by atoms with E-state index in [0.29, 0.717) is 12.8 Å². The first kappa shape index (κ1) is 15.3. The van der Waals surface area contributed by atoms with Crippen molar-refractivity contribution in [1.82, 2.24) is 14.5 Å². The van der Waals surface area contributed by atoms with E-state index in [4.69, 9.17) is 14.7 Å². The van der Waals surface area contributed by atoms with Crippen molar-refractivity contribution in [2.75, 3.05) is 26.2 Å². The number of nitrogens with zero attached hydrogens (tertiary/aromatic N) is 3. The van der Waals surface area contributed by atoms with Crippen LogP contribution in [-0.2, 0) is 9.57 Å². The van der Waals surface area contributed by atoms with Crippen molar-refractivity contribution in [3.05, 3.63) is 22.7 Å². The summed E-state index contributed by atoms with van der Waals surface area (Å²) in [6.07, 6.45) is 1.54. The van der Waals surface area contributed by atoms with Crippen molar-refractivity contribution >= 4 is 11.9 Å². The number of aromatic nitrogens is 2. The molecule has 0 unspecified atom stereocenters. The van der Waals surface area contributed by atoms with Gasteiger partial charge in [0.1, 0.15) is 6.23 Å².